The van der Waals surface area contributed by atoms with E-state index in [1.807, 2.05) is 23.1 Å². The van der Waals surface area contributed by atoms with Crippen molar-refractivity contribution in [2.24, 2.45) is 11.1 Å². The lowest BCUT2D eigenvalue weighted by Crippen LogP contribution is -2.45. The summed E-state index contributed by atoms with van der Waals surface area (Å²) < 4.78 is 0. The molecule has 0 bridgehead atoms. The number of hydrogen-bond acceptors (Lipinski definition) is 5. The quantitative estimate of drug-likeness (QED) is 0.885. The highest BCUT2D eigenvalue weighted by molar-refractivity contribution is 5.74. The number of rotatable bonds is 3. The van der Waals surface area contributed by atoms with Gasteiger partial charge in [0.1, 0.15) is 5.69 Å². The van der Waals surface area contributed by atoms with Crippen molar-refractivity contribution in [3.05, 3.63) is 42.4 Å². The fraction of sp³-hybridized carbons (Fsp3) is 0.444. The zero-order chi connectivity index (χ0) is 17.3. The summed E-state index contributed by atoms with van der Waals surface area (Å²) in [5.41, 5.74) is 7.88. The highest BCUT2D eigenvalue weighted by Gasteiger charge is 2.49. The predicted molar refractivity (Wildman–Crippen MR) is 93.3 cm³/mol. The third-order valence-electron chi connectivity index (χ3n) is 5.37. The summed E-state index contributed by atoms with van der Waals surface area (Å²) >= 11 is 0. The monoisotopic (exact) mass is 338 g/mol. The molecule has 2 aromatic heterocycles. The van der Waals surface area contributed by atoms with E-state index in [0.29, 0.717) is 24.6 Å². The van der Waals surface area contributed by atoms with Gasteiger partial charge in [-0.2, -0.15) is 0 Å². The van der Waals surface area contributed by atoms with E-state index in [1.54, 1.807) is 18.5 Å². The summed E-state index contributed by atoms with van der Waals surface area (Å²) in [5.74, 6) is 0.559. The molecule has 25 heavy (non-hydrogen) atoms. The van der Waals surface area contributed by atoms with Gasteiger partial charge in [0.05, 0.1) is 12.2 Å². The van der Waals surface area contributed by atoms with Crippen LogP contribution in [0, 0.1) is 5.41 Å². The van der Waals surface area contributed by atoms with Crippen molar-refractivity contribution >= 4 is 6.03 Å². The Morgan fingerprint density at radius 1 is 1.28 bits per heavy atom. The minimum Gasteiger partial charge on any atom is -0.332 e. The normalized spacial score (nSPS) is 21.2. The number of amides is 2. The molecule has 2 amide bonds. The molecule has 4 rings (SSSR count). The van der Waals surface area contributed by atoms with Crippen molar-refractivity contribution in [3.8, 4) is 11.5 Å². The van der Waals surface area contributed by atoms with E-state index in [-0.39, 0.29) is 17.5 Å². The molecule has 7 nitrogen and oxygen atoms in total. The summed E-state index contributed by atoms with van der Waals surface area (Å²) in [5, 5.41) is 2.95. The van der Waals surface area contributed by atoms with E-state index in [9.17, 15) is 4.79 Å². The lowest BCUT2D eigenvalue weighted by atomic mass is 9.66. The lowest BCUT2D eigenvalue weighted by molar-refractivity contribution is 0.125. The smallest absolute Gasteiger partial charge is 0.317 e. The molecule has 1 aliphatic carbocycles. The standard InChI is InChI=1S/C18H22N6O/c19-15-11-24(12-18(15)6-3-7-18)17(25)22-10-13-5-9-21-16(23-13)14-4-1-2-8-20-14/h1-2,4-5,8-9,15H,3,6-7,10-12,19H2,(H,22,25). The second-order valence-corrected chi connectivity index (χ2v) is 6.95. The fourth-order valence-corrected chi connectivity index (χ4v) is 3.70. The molecule has 1 spiro atoms. The third kappa shape index (κ3) is 3.07. The van der Waals surface area contributed by atoms with Crippen LogP contribution in [-0.2, 0) is 6.54 Å². The summed E-state index contributed by atoms with van der Waals surface area (Å²) in [6.45, 7) is 1.76. The predicted octanol–water partition coefficient (Wildman–Crippen LogP) is 1.56. The summed E-state index contributed by atoms with van der Waals surface area (Å²) in [6, 6.07) is 7.44. The maximum absolute atomic E-state index is 12.5. The number of nitrogens with zero attached hydrogens (tertiary/aromatic N) is 4. The molecule has 0 aromatic carbocycles. The van der Waals surface area contributed by atoms with Crippen LogP contribution in [0.3, 0.4) is 0 Å². The fourth-order valence-electron chi connectivity index (χ4n) is 3.70. The van der Waals surface area contributed by atoms with Crippen LogP contribution in [0.1, 0.15) is 25.0 Å². The van der Waals surface area contributed by atoms with E-state index >= 15 is 0 Å². The van der Waals surface area contributed by atoms with Gasteiger partial charge in [-0.3, -0.25) is 4.98 Å². The van der Waals surface area contributed by atoms with Crippen molar-refractivity contribution in [2.75, 3.05) is 13.1 Å². The van der Waals surface area contributed by atoms with Gasteiger partial charge in [0.25, 0.3) is 0 Å². The second kappa shape index (κ2) is 6.40. The molecule has 2 aliphatic rings. The van der Waals surface area contributed by atoms with E-state index in [4.69, 9.17) is 5.73 Å². The Bertz CT molecular complexity index is 761. The van der Waals surface area contributed by atoms with E-state index in [0.717, 1.165) is 25.1 Å². The average Bonchev–Trinajstić information content (AvgIpc) is 2.99. The summed E-state index contributed by atoms with van der Waals surface area (Å²) in [7, 11) is 0. The maximum Gasteiger partial charge on any atom is 0.317 e. The van der Waals surface area contributed by atoms with Crippen LogP contribution < -0.4 is 11.1 Å². The zero-order valence-electron chi connectivity index (χ0n) is 14.1. The Morgan fingerprint density at radius 3 is 2.84 bits per heavy atom. The number of hydrogen-bond donors (Lipinski definition) is 2. The molecule has 1 aliphatic heterocycles. The Kier molecular flexibility index (Phi) is 4.09. The number of pyridine rings is 1. The molecular weight excluding hydrogens is 316 g/mol. The highest BCUT2D eigenvalue weighted by atomic mass is 16.2. The number of nitrogens with two attached hydrogens (primary N) is 1. The molecule has 3 N–H and O–H groups in total. The third-order valence-corrected chi connectivity index (χ3v) is 5.37. The molecule has 3 heterocycles. The van der Waals surface area contributed by atoms with Crippen LogP contribution in [0.4, 0.5) is 4.79 Å². The second-order valence-electron chi connectivity index (χ2n) is 6.95. The number of urea groups is 1. The van der Waals surface area contributed by atoms with Crippen LogP contribution in [0.5, 0.6) is 0 Å². The van der Waals surface area contributed by atoms with Crippen LogP contribution in [-0.4, -0.2) is 45.0 Å². The molecule has 130 valence electrons. The first kappa shape index (κ1) is 16.0. The van der Waals surface area contributed by atoms with Crippen LogP contribution in [0.2, 0.25) is 0 Å². The Labute approximate surface area is 146 Å². The minimum atomic E-state index is -0.0720. The van der Waals surface area contributed by atoms with Gasteiger partial charge in [-0.1, -0.05) is 12.5 Å². The topological polar surface area (TPSA) is 97.0 Å². The van der Waals surface area contributed by atoms with Gasteiger partial charge in [-0.25, -0.2) is 14.8 Å². The van der Waals surface area contributed by atoms with Gasteiger partial charge in [0, 0.05) is 36.9 Å². The largest absolute Gasteiger partial charge is 0.332 e. The van der Waals surface area contributed by atoms with Crippen molar-refractivity contribution < 1.29 is 4.79 Å². The maximum atomic E-state index is 12.5. The van der Waals surface area contributed by atoms with Crippen LogP contribution in [0.15, 0.2) is 36.7 Å². The number of nitrogens with one attached hydrogen (secondary N) is 1. The number of aromatic nitrogens is 3. The van der Waals surface area contributed by atoms with Gasteiger partial charge in [0.15, 0.2) is 5.82 Å². The molecule has 1 unspecified atom stereocenters. The van der Waals surface area contributed by atoms with E-state index in [1.165, 1.54) is 6.42 Å². The van der Waals surface area contributed by atoms with E-state index in [2.05, 4.69) is 20.3 Å². The number of carbonyl (C=O) groups excluding carboxylic acids is 1. The lowest BCUT2D eigenvalue weighted by Gasteiger charge is -2.41. The van der Waals surface area contributed by atoms with E-state index < -0.39 is 0 Å². The first-order valence-electron chi connectivity index (χ1n) is 8.68. The Morgan fingerprint density at radius 2 is 2.16 bits per heavy atom. The number of carbonyl (C=O) groups is 1. The number of likely N-dealkylation sites (tertiary alicyclic amines) is 1. The molecule has 0 radical (unpaired) electrons. The molecular formula is C18H22N6O. The minimum absolute atomic E-state index is 0.0720. The first-order valence-corrected chi connectivity index (χ1v) is 8.68. The average molecular weight is 338 g/mol. The Hall–Kier alpha value is -2.54. The van der Waals surface area contributed by atoms with Crippen LogP contribution >= 0.6 is 0 Å². The van der Waals surface area contributed by atoms with Crippen molar-refractivity contribution in [3.63, 3.8) is 0 Å². The summed E-state index contributed by atoms with van der Waals surface area (Å²) in [4.78, 5) is 27.3. The molecule has 2 fully saturated rings. The van der Waals surface area contributed by atoms with Gasteiger partial charge in [0.2, 0.25) is 0 Å². The highest BCUT2D eigenvalue weighted by Crippen LogP contribution is 2.47. The van der Waals surface area contributed by atoms with Gasteiger partial charge >= 0.3 is 6.03 Å². The van der Waals surface area contributed by atoms with Gasteiger partial charge < -0.3 is 16.0 Å². The summed E-state index contributed by atoms with van der Waals surface area (Å²) in [6.07, 6.45) is 6.89. The van der Waals surface area contributed by atoms with Crippen molar-refractivity contribution in [2.45, 2.75) is 31.8 Å². The van der Waals surface area contributed by atoms with Crippen molar-refractivity contribution in [1.29, 1.82) is 0 Å². The zero-order valence-corrected chi connectivity index (χ0v) is 14.1. The van der Waals surface area contributed by atoms with Crippen molar-refractivity contribution in [1.82, 2.24) is 25.2 Å². The first-order chi connectivity index (χ1) is 12.2. The molecule has 1 saturated carbocycles. The SMILES string of the molecule is NC1CN(C(=O)NCc2ccnc(-c3ccccn3)n2)CC12CCC2. The van der Waals surface area contributed by atoms with Gasteiger partial charge in [-0.15, -0.1) is 0 Å². The molecule has 1 atom stereocenters. The molecule has 1 saturated heterocycles. The Balaban J connectivity index is 1.38. The molecule has 2 aromatic rings. The van der Waals surface area contributed by atoms with Crippen LogP contribution in [0.25, 0.3) is 11.5 Å². The molecule has 7 heteroatoms. The van der Waals surface area contributed by atoms with Gasteiger partial charge in [-0.05, 0) is 31.0 Å².